The first kappa shape index (κ1) is 25.5. The number of rotatable bonds is 9. The van der Waals surface area contributed by atoms with Crippen molar-refractivity contribution in [3.05, 3.63) is 55.7 Å². The smallest absolute Gasteiger partial charge is 0.242 e. The first-order valence-electron chi connectivity index (χ1n) is 12.0. The number of hydrogen-bond acceptors (Lipinski definition) is 4. The van der Waals surface area contributed by atoms with E-state index < -0.39 is 0 Å². The molecular weight excluding hydrogens is 491 g/mol. The number of carbonyl (C=O) groups is 2. The molecule has 34 heavy (non-hydrogen) atoms. The van der Waals surface area contributed by atoms with Gasteiger partial charge in [0.1, 0.15) is 0 Å². The minimum absolute atomic E-state index is 0.0339. The number of nitrogens with zero attached hydrogens (tertiary/aromatic N) is 2. The van der Waals surface area contributed by atoms with E-state index in [4.69, 9.17) is 27.9 Å². The lowest BCUT2D eigenvalue weighted by molar-refractivity contribution is -0.142. The van der Waals surface area contributed by atoms with E-state index >= 15 is 0 Å². The number of hydrogen-bond donors (Lipinski definition) is 0. The highest BCUT2D eigenvalue weighted by atomic mass is 35.5. The quantitative estimate of drug-likeness (QED) is 0.407. The van der Waals surface area contributed by atoms with Crippen LogP contribution in [0.25, 0.3) is 0 Å². The average molecular weight is 524 g/mol. The molecule has 1 unspecified atom stereocenters. The van der Waals surface area contributed by atoms with Crippen LogP contribution in [-0.2, 0) is 20.7 Å². The van der Waals surface area contributed by atoms with Gasteiger partial charge in [-0.25, -0.2) is 0 Å². The molecule has 2 aliphatic rings. The summed E-state index contributed by atoms with van der Waals surface area (Å²) >= 11 is 14.4. The van der Waals surface area contributed by atoms with Crippen molar-refractivity contribution in [3.63, 3.8) is 0 Å². The van der Waals surface area contributed by atoms with Crippen LogP contribution in [0.5, 0.6) is 0 Å². The Balaban J connectivity index is 1.52. The standard InChI is InChI=1S/C26H32Cl2N2O3S/c1-33-14-13-29(24(31)9-6-18-4-2-3-5-18)17-25(32)30-12-10-23-21(11-15-34-23)26(30)20-8-7-19(27)16-22(20)28/h7-8,11,15-16,18,26H,2-6,9-10,12-14,17H2,1H3. The molecule has 8 heteroatoms. The van der Waals surface area contributed by atoms with Crippen LogP contribution in [0.4, 0.5) is 0 Å². The van der Waals surface area contributed by atoms with Gasteiger partial charge in [0.25, 0.3) is 0 Å². The first-order chi connectivity index (χ1) is 16.5. The lowest BCUT2D eigenvalue weighted by Crippen LogP contribution is -2.47. The highest BCUT2D eigenvalue weighted by molar-refractivity contribution is 7.10. The topological polar surface area (TPSA) is 49.9 Å². The summed E-state index contributed by atoms with van der Waals surface area (Å²) in [7, 11) is 1.62. The Morgan fingerprint density at radius 1 is 1.18 bits per heavy atom. The maximum absolute atomic E-state index is 13.7. The van der Waals surface area contributed by atoms with Gasteiger partial charge in [0.05, 0.1) is 19.2 Å². The van der Waals surface area contributed by atoms with E-state index in [0.717, 1.165) is 24.0 Å². The molecule has 2 amide bonds. The van der Waals surface area contributed by atoms with Crippen molar-refractivity contribution in [2.24, 2.45) is 5.92 Å². The summed E-state index contributed by atoms with van der Waals surface area (Å²) in [5, 5.41) is 3.16. The summed E-state index contributed by atoms with van der Waals surface area (Å²) in [5.74, 6) is 0.601. The predicted molar refractivity (Wildman–Crippen MR) is 138 cm³/mol. The molecule has 0 spiro atoms. The molecule has 1 saturated carbocycles. The zero-order valence-corrected chi connectivity index (χ0v) is 21.9. The predicted octanol–water partition coefficient (Wildman–Crippen LogP) is 5.97. The molecule has 0 radical (unpaired) electrons. The fraction of sp³-hybridized carbons (Fsp3) is 0.538. The van der Waals surface area contributed by atoms with Crippen LogP contribution in [0, 0.1) is 5.92 Å². The van der Waals surface area contributed by atoms with Crippen molar-refractivity contribution in [1.29, 1.82) is 0 Å². The number of thiophene rings is 1. The van der Waals surface area contributed by atoms with Crippen LogP contribution in [0.15, 0.2) is 29.6 Å². The Bertz CT molecular complexity index is 1010. The third-order valence-corrected chi connectivity index (χ3v) is 8.59. The molecule has 4 rings (SSSR count). The van der Waals surface area contributed by atoms with E-state index in [1.807, 2.05) is 17.0 Å². The third-order valence-electron chi connectivity index (χ3n) is 7.03. The number of halogens is 2. The van der Waals surface area contributed by atoms with Gasteiger partial charge >= 0.3 is 0 Å². The molecule has 0 saturated heterocycles. The Morgan fingerprint density at radius 3 is 2.71 bits per heavy atom. The Hall–Kier alpha value is -1.60. The maximum Gasteiger partial charge on any atom is 0.242 e. The van der Waals surface area contributed by atoms with E-state index in [1.165, 1.54) is 30.6 Å². The fourth-order valence-electron chi connectivity index (χ4n) is 5.18. The van der Waals surface area contributed by atoms with Gasteiger partial charge in [-0.2, -0.15) is 0 Å². The molecule has 1 aliphatic carbocycles. The molecule has 2 aromatic rings. The summed E-state index contributed by atoms with van der Waals surface area (Å²) in [4.78, 5) is 31.6. The Morgan fingerprint density at radius 2 is 1.97 bits per heavy atom. The van der Waals surface area contributed by atoms with E-state index in [-0.39, 0.29) is 24.4 Å². The Kier molecular flexibility index (Phi) is 8.92. The summed E-state index contributed by atoms with van der Waals surface area (Å²) < 4.78 is 5.23. The second-order valence-corrected chi connectivity index (χ2v) is 11.0. The fourth-order valence-corrected chi connectivity index (χ4v) is 6.59. The third kappa shape index (κ3) is 5.96. The van der Waals surface area contributed by atoms with E-state index in [9.17, 15) is 9.59 Å². The second kappa shape index (κ2) is 11.9. The number of carbonyl (C=O) groups excluding carboxylic acids is 2. The zero-order valence-electron chi connectivity index (χ0n) is 19.6. The van der Waals surface area contributed by atoms with E-state index in [1.54, 1.807) is 29.4 Å². The average Bonchev–Trinajstić information content (AvgIpc) is 3.51. The van der Waals surface area contributed by atoms with Crippen molar-refractivity contribution in [2.45, 2.75) is 51.0 Å². The molecule has 2 heterocycles. The van der Waals surface area contributed by atoms with Gasteiger partial charge in [-0.3, -0.25) is 9.59 Å². The molecule has 1 atom stereocenters. The molecule has 0 N–H and O–H groups in total. The van der Waals surface area contributed by atoms with Crippen LogP contribution in [0.1, 0.15) is 60.6 Å². The van der Waals surface area contributed by atoms with Gasteiger partial charge in [0.2, 0.25) is 11.8 Å². The number of methoxy groups -OCH3 is 1. The molecule has 1 aromatic carbocycles. The Labute approximate surface area is 216 Å². The summed E-state index contributed by atoms with van der Waals surface area (Å²) in [5.41, 5.74) is 1.96. The van der Waals surface area contributed by atoms with Crippen molar-refractivity contribution in [3.8, 4) is 0 Å². The van der Waals surface area contributed by atoms with Crippen molar-refractivity contribution in [1.82, 2.24) is 9.80 Å². The van der Waals surface area contributed by atoms with E-state index in [2.05, 4.69) is 11.4 Å². The van der Waals surface area contributed by atoms with Crippen LogP contribution < -0.4 is 0 Å². The molecule has 1 aromatic heterocycles. The van der Waals surface area contributed by atoms with Crippen LogP contribution in [-0.4, -0.2) is 55.0 Å². The number of benzene rings is 1. The SMILES string of the molecule is COCCN(CC(=O)N1CCc2sccc2C1c1ccc(Cl)cc1Cl)C(=O)CCC1CCCC1. The lowest BCUT2D eigenvalue weighted by Gasteiger charge is -2.38. The van der Waals surface area contributed by atoms with Crippen LogP contribution in [0.2, 0.25) is 10.0 Å². The number of amides is 2. The summed E-state index contributed by atoms with van der Waals surface area (Å²) in [6.07, 6.45) is 7.14. The van der Waals surface area contributed by atoms with Gasteiger partial charge in [-0.1, -0.05) is 55.0 Å². The maximum atomic E-state index is 13.7. The number of fused-ring (bicyclic) bond motifs is 1. The van der Waals surface area contributed by atoms with Crippen molar-refractivity contribution in [2.75, 3.05) is 33.4 Å². The first-order valence-corrected chi connectivity index (χ1v) is 13.7. The molecule has 0 bridgehead atoms. The summed E-state index contributed by atoms with van der Waals surface area (Å²) in [6.45, 7) is 1.46. The largest absolute Gasteiger partial charge is 0.383 e. The molecule has 1 aliphatic heterocycles. The van der Waals surface area contributed by atoms with Crippen LogP contribution >= 0.6 is 34.5 Å². The minimum Gasteiger partial charge on any atom is -0.383 e. The summed E-state index contributed by atoms with van der Waals surface area (Å²) in [6, 6.07) is 7.22. The van der Waals surface area contributed by atoms with Gasteiger partial charge in [0.15, 0.2) is 0 Å². The van der Waals surface area contributed by atoms with Gasteiger partial charge in [-0.05, 0) is 53.5 Å². The van der Waals surface area contributed by atoms with Crippen molar-refractivity contribution < 1.29 is 14.3 Å². The van der Waals surface area contributed by atoms with Gasteiger partial charge in [-0.15, -0.1) is 11.3 Å². The normalized spacial score (nSPS) is 18.2. The molecule has 5 nitrogen and oxygen atoms in total. The number of ether oxygens (including phenoxy) is 1. The molecular formula is C26H32Cl2N2O3S. The van der Waals surface area contributed by atoms with Gasteiger partial charge < -0.3 is 14.5 Å². The molecule has 1 fully saturated rings. The highest BCUT2D eigenvalue weighted by Gasteiger charge is 2.35. The van der Waals surface area contributed by atoms with Crippen molar-refractivity contribution >= 4 is 46.4 Å². The monoisotopic (exact) mass is 522 g/mol. The van der Waals surface area contributed by atoms with Gasteiger partial charge in [0, 0.05) is 41.5 Å². The lowest BCUT2D eigenvalue weighted by atomic mass is 9.93. The zero-order chi connectivity index (χ0) is 24.1. The van der Waals surface area contributed by atoms with E-state index in [0.29, 0.717) is 42.1 Å². The minimum atomic E-state index is -0.287. The van der Waals surface area contributed by atoms with Crippen LogP contribution in [0.3, 0.4) is 0 Å². The highest BCUT2D eigenvalue weighted by Crippen LogP contribution is 2.41. The molecule has 184 valence electrons. The second-order valence-electron chi connectivity index (χ2n) is 9.20.